The Morgan fingerprint density at radius 3 is 1.27 bits per heavy atom. The molecule has 0 unspecified atom stereocenters. The average Bonchev–Trinajstić information content (AvgIpc) is 1.03. The molecule has 22 N–H and O–H groups in total. The SMILES string of the molecule is CC(=O)N[C@@H]1[C@@H](O[C@@H]2O[C@H](CO)[C@H](O)[C@H](O)[C@H]2O[C@@H]2O[C@@H](C)[C@@H](O)[C@@H](O)[C@@H]2O)[C@@H](O)[C@@H](CO[C@@H]2O[C@H](CO)[C@@H](O[C@@H]3O[C@H](CO)[C@H](O)[C@H](O[C@@H]4O[C@H](CO)[C@@H](O)[C@H](O[C@@H]5O[C@H](CO)[C@H](O)[C@H](O)[C@H]5O)[C@H]4NC(C)=O)[C@H]3O)[C@H](O)[C@H]2NC(C)=O)O[C@@H]1O. The molecule has 7 heterocycles. The van der Waals surface area contributed by atoms with E-state index < -0.39 is 272 Å². The van der Waals surface area contributed by atoms with Crippen molar-refractivity contribution in [2.75, 3.05) is 39.6 Å². The Balaban J connectivity index is 1.09. The van der Waals surface area contributed by atoms with Gasteiger partial charge in [0.2, 0.25) is 17.7 Å². The van der Waals surface area contributed by atoms with Crippen molar-refractivity contribution in [3.8, 4) is 0 Å². The van der Waals surface area contributed by atoms with Crippen LogP contribution >= 0.6 is 0 Å². The van der Waals surface area contributed by atoms with E-state index in [1.165, 1.54) is 6.92 Å². The number of rotatable bonds is 21. The monoisotopic (exact) mass is 1260 g/mol. The van der Waals surface area contributed by atoms with E-state index in [1.54, 1.807) is 0 Å². The highest BCUT2D eigenvalue weighted by Crippen LogP contribution is 2.37. The van der Waals surface area contributed by atoms with Gasteiger partial charge in [-0.1, -0.05) is 0 Å². The van der Waals surface area contributed by atoms with Crippen LogP contribution in [0.3, 0.4) is 0 Å². The highest BCUT2D eigenvalue weighted by molar-refractivity contribution is 5.74. The number of aliphatic hydroxyl groups is 19. The summed E-state index contributed by atoms with van der Waals surface area (Å²) in [5.41, 5.74) is 0. The molecule has 0 aliphatic carbocycles. The lowest BCUT2D eigenvalue weighted by Crippen LogP contribution is -2.70. The van der Waals surface area contributed by atoms with Crippen LogP contribution in [0.4, 0.5) is 0 Å². The largest absolute Gasteiger partial charge is 0.394 e. The van der Waals surface area contributed by atoms with Crippen LogP contribution in [0.1, 0.15) is 27.7 Å². The topological polar surface area (TPSA) is 592 Å². The van der Waals surface area contributed by atoms with Crippen LogP contribution in [0.15, 0.2) is 0 Å². The molecule has 0 aromatic carbocycles. The molecule has 38 nitrogen and oxygen atoms in total. The van der Waals surface area contributed by atoms with E-state index >= 15 is 0 Å². The van der Waals surface area contributed by atoms with Gasteiger partial charge in [-0.2, -0.15) is 0 Å². The average molecular weight is 1260 g/mol. The number of ether oxygens (including phenoxy) is 13. The van der Waals surface area contributed by atoms with Crippen molar-refractivity contribution in [1.29, 1.82) is 0 Å². The van der Waals surface area contributed by atoms with Gasteiger partial charge in [-0.25, -0.2) is 0 Å². The Morgan fingerprint density at radius 1 is 0.326 bits per heavy atom. The van der Waals surface area contributed by atoms with Gasteiger partial charge in [-0.05, 0) is 6.92 Å². The second-order valence-electron chi connectivity index (χ2n) is 21.8. The predicted octanol–water partition coefficient (Wildman–Crippen LogP) is -14.8. The number of carbonyl (C=O) groups is 3. The minimum absolute atomic E-state index is 0.816. The molecule has 7 aliphatic rings. The molecule has 0 spiro atoms. The zero-order chi connectivity index (χ0) is 63.5. The molecule has 38 heteroatoms. The number of nitrogens with one attached hydrogen (secondary N) is 3. The van der Waals surface area contributed by atoms with Gasteiger partial charge < -0.3 is 175 Å². The second kappa shape index (κ2) is 30.5. The number of hydrogen-bond donors (Lipinski definition) is 22. The predicted molar refractivity (Wildman–Crippen MR) is 265 cm³/mol. The Kier molecular flexibility index (Phi) is 25.0. The Labute approximate surface area is 488 Å². The van der Waals surface area contributed by atoms with Crippen molar-refractivity contribution in [1.82, 2.24) is 16.0 Å². The van der Waals surface area contributed by atoms with E-state index in [1.807, 2.05) is 0 Å². The minimum Gasteiger partial charge on any atom is -0.394 e. The maximum atomic E-state index is 12.7. The summed E-state index contributed by atoms with van der Waals surface area (Å²) in [6, 6.07) is -5.20. The molecule has 7 fully saturated rings. The maximum Gasteiger partial charge on any atom is 0.217 e. The first-order chi connectivity index (χ1) is 40.6. The van der Waals surface area contributed by atoms with E-state index in [9.17, 15) is 111 Å². The first kappa shape index (κ1) is 70.6. The third kappa shape index (κ3) is 15.4. The summed E-state index contributed by atoms with van der Waals surface area (Å²) in [6.45, 7) is -1.49. The third-order valence-corrected chi connectivity index (χ3v) is 15.7. The van der Waals surface area contributed by atoms with Crippen LogP contribution in [-0.4, -0.2) is 369 Å². The van der Waals surface area contributed by atoms with Gasteiger partial charge in [0.1, 0.15) is 165 Å². The fourth-order valence-electron chi connectivity index (χ4n) is 11.0. The molecule has 0 aromatic heterocycles. The van der Waals surface area contributed by atoms with Gasteiger partial charge in [0.25, 0.3) is 0 Å². The van der Waals surface area contributed by atoms with Crippen LogP contribution in [0, 0.1) is 0 Å². The fraction of sp³-hybridized carbons (Fsp3) is 0.938. The lowest BCUT2D eigenvalue weighted by Gasteiger charge is -2.50. The number of carbonyl (C=O) groups excluding carboxylic acids is 3. The molecule has 0 aromatic rings. The van der Waals surface area contributed by atoms with Crippen molar-refractivity contribution >= 4 is 17.7 Å². The molecule has 0 bridgehead atoms. The van der Waals surface area contributed by atoms with Crippen LogP contribution < -0.4 is 16.0 Å². The van der Waals surface area contributed by atoms with Crippen LogP contribution in [-0.2, 0) is 76.0 Å². The van der Waals surface area contributed by atoms with Gasteiger partial charge in [0.15, 0.2) is 44.0 Å². The molecule has 86 heavy (non-hydrogen) atoms. The highest BCUT2D eigenvalue weighted by atomic mass is 16.8. The highest BCUT2D eigenvalue weighted by Gasteiger charge is 2.58. The van der Waals surface area contributed by atoms with Gasteiger partial charge in [0.05, 0.1) is 45.7 Å². The molecule has 0 saturated carbocycles. The lowest BCUT2D eigenvalue weighted by atomic mass is 9.94. The Morgan fingerprint density at radius 2 is 0.709 bits per heavy atom. The first-order valence-electron chi connectivity index (χ1n) is 27.5. The Hall–Kier alpha value is -2.87. The first-order valence-corrected chi connectivity index (χ1v) is 27.5. The summed E-state index contributed by atoms with van der Waals surface area (Å²) < 4.78 is 75.3. The molecule has 7 aliphatic heterocycles. The summed E-state index contributed by atoms with van der Waals surface area (Å²) in [6.07, 6.45) is -60.3. The molecule has 3 amide bonds. The molecule has 498 valence electrons. The number of aliphatic hydroxyl groups excluding tert-OH is 19. The van der Waals surface area contributed by atoms with E-state index in [0.717, 1.165) is 20.8 Å². The molecular formula is C48H81N3O35. The van der Waals surface area contributed by atoms with E-state index in [4.69, 9.17) is 61.6 Å². The van der Waals surface area contributed by atoms with Crippen LogP contribution in [0.25, 0.3) is 0 Å². The fourth-order valence-corrected chi connectivity index (χ4v) is 11.0. The Bertz CT molecular complexity index is 2170. The maximum absolute atomic E-state index is 12.7. The van der Waals surface area contributed by atoms with E-state index in [-0.39, 0.29) is 0 Å². The van der Waals surface area contributed by atoms with E-state index in [0.29, 0.717) is 0 Å². The van der Waals surface area contributed by atoms with Crippen molar-refractivity contribution in [2.45, 2.75) is 242 Å². The van der Waals surface area contributed by atoms with Gasteiger partial charge in [-0.15, -0.1) is 0 Å². The van der Waals surface area contributed by atoms with Gasteiger partial charge >= 0.3 is 0 Å². The van der Waals surface area contributed by atoms with Crippen molar-refractivity contribution in [3.05, 3.63) is 0 Å². The number of hydrogen-bond acceptors (Lipinski definition) is 35. The summed E-state index contributed by atoms with van der Waals surface area (Å²) in [5.74, 6) is -2.51. The zero-order valence-electron chi connectivity index (χ0n) is 46.5. The quantitative estimate of drug-likeness (QED) is 0.0507. The smallest absolute Gasteiger partial charge is 0.217 e. The van der Waals surface area contributed by atoms with Crippen molar-refractivity contribution < 1.29 is 173 Å². The van der Waals surface area contributed by atoms with Crippen molar-refractivity contribution in [2.24, 2.45) is 0 Å². The second-order valence-corrected chi connectivity index (χ2v) is 21.8. The van der Waals surface area contributed by atoms with Gasteiger partial charge in [0, 0.05) is 20.8 Å². The van der Waals surface area contributed by atoms with Gasteiger partial charge in [-0.3, -0.25) is 14.4 Å². The normalized spacial score (nSPS) is 49.4. The molecule has 0 radical (unpaired) electrons. The van der Waals surface area contributed by atoms with Crippen LogP contribution in [0.5, 0.6) is 0 Å². The molecular weight excluding hydrogens is 1180 g/mol. The number of amides is 3. The standard InChI is InChI=1S/C48H81N3O35/c1-11-24(60)31(67)34(70)45(75-11)86-41-33(69)26(62)16(6-53)80-48(41)84-38-22(50-13(3)58)42(73)76-20(29(38)65)10-74-43-21(49-12(2)57)30(66)37(19(9-56)81-43)82-47-36(72)40(28(64)18(8-55)79-47)85-44-23(51-14(4)59)39(27(63)17(7-54)77-44)83-46-35(71)32(68)25(61)15(5-52)78-46/h11,15-48,52-56,60-73H,5-10H2,1-4H3,(H,49,57)(H,50,58)(H,51,59)/t11-,15+,16+,17+,18+,19+,20+,21+,22+,23+,24+,25-,26-,27+,28-,29-,30+,31+,32-,33-,34-,35+,36+,37+,38+,39+,40-,41+,42-,43+,44-,45-,46-,47-,48-/m0/s1. The summed E-state index contributed by atoms with van der Waals surface area (Å²) >= 11 is 0. The summed E-state index contributed by atoms with van der Waals surface area (Å²) in [7, 11) is 0. The lowest BCUT2D eigenvalue weighted by molar-refractivity contribution is -0.382. The molecule has 7 rings (SSSR count). The minimum atomic E-state index is -2.24. The zero-order valence-corrected chi connectivity index (χ0v) is 46.5. The van der Waals surface area contributed by atoms with Crippen molar-refractivity contribution in [3.63, 3.8) is 0 Å². The molecule has 35 atom stereocenters. The third-order valence-electron chi connectivity index (χ3n) is 15.7. The van der Waals surface area contributed by atoms with E-state index in [2.05, 4.69) is 16.0 Å². The summed E-state index contributed by atoms with van der Waals surface area (Å²) in [5, 5.41) is 213. The molecule has 7 saturated heterocycles. The van der Waals surface area contributed by atoms with Crippen LogP contribution in [0.2, 0.25) is 0 Å². The summed E-state index contributed by atoms with van der Waals surface area (Å²) in [4.78, 5) is 37.8.